The number of sulfonamides is 1. The molecule has 0 fully saturated rings. The molecule has 1 aromatic carbocycles. The second kappa shape index (κ2) is 5.37. The average Bonchev–Trinajstić information content (AvgIpc) is 2.40. The number of rotatable bonds is 4. The molecular formula is C12H10FN3O4S. The lowest BCUT2D eigenvalue weighted by atomic mass is 10.2. The van der Waals surface area contributed by atoms with Gasteiger partial charge >= 0.3 is 5.97 Å². The minimum atomic E-state index is -4.14. The zero-order valence-electron chi connectivity index (χ0n) is 10.4. The lowest BCUT2D eigenvalue weighted by Gasteiger charge is -2.11. The maximum atomic E-state index is 13.4. The van der Waals surface area contributed by atoms with Crippen LogP contribution < -0.4 is 10.5 Å². The van der Waals surface area contributed by atoms with Crippen molar-refractivity contribution in [3.05, 3.63) is 48.0 Å². The van der Waals surface area contributed by atoms with Gasteiger partial charge in [0.25, 0.3) is 10.0 Å². The van der Waals surface area contributed by atoms with Gasteiger partial charge in [-0.1, -0.05) is 0 Å². The van der Waals surface area contributed by atoms with Crippen molar-refractivity contribution in [1.82, 2.24) is 4.98 Å². The van der Waals surface area contributed by atoms with Crippen molar-refractivity contribution < 1.29 is 22.7 Å². The van der Waals surface area contributed by atoms with Crippen LogP contribution in [0.25, 0.3) is 0 Å². The largest absolute Gasteiger partial charge is 0.478 e. The predicted octanol–water partition coefficient (Wildman–Crippen LogP) is 1.30. The van der Waals surface area contributed by atoms with Crippen LogP contribution in [0.4, 0.5) is 15.8 Å². The Morgan fingerprint density at radius 2 is 2.05 bits per heavy atom. The van der Waals surface area contributed by atoms with Crippen LogP contribution in [0.5, 0.6) is 0 Å². The molecule has 0 amide bonds. The predicted molar refractivity (Wildman–Crippen MR) is 72.8 cm³/mol. The van der Waals surface area contributed by atoms with Crippen molar-refractivity contribution in [2.75, 3.05) is 10.5 Å². The molecule has 0 spiro atoms. The van der Waals surface area contributed by atoms with Gasteiger partial charge in [-0.3, -0.25) is 9.71 Å². The first-order chi connectivity index (χ1) is 9.81. The topological polar surface area (TPSA) is 122 Å². The number of carboxylic acid groups (broad SMARTS) is 1. The van der Waals surface area contributed by atoms with Crippen LogP contribution in [0.1, 0.15) is 10.4 Å². The highest BCUT2D eigenvalue weighted by Gasteiger charge is 2.20. The van der Waals surface area contributed by atoms with Crippen LogP contribution in [0, 0.1) is 5.82 Å². The summed E-state index contributed by atoms with van der Waals surface area (Å²) in [5.41, 5.74) is 4.86. The van der Waals surface area contributed by atoms with E-state index in [1.54, 1.807) is 0 Å². The van der Waals surface area contributed by atoms with Crippen LogP contribution in [-0.4, -0.2) is 24.5 Å². The standard InChI is InChI=1S/C12H10FN3O4S/c13-8-6-15-4-3-10(8)16-21(19,20)11-2-1-7(12(17)18)5-9(11)14/h1-6H,14H2,(H,15,16)(H,17,18). The molecule has 1 heterocycles. The van der Waals surface area contributed by atoms with Crippen molar-refractivity contribution >= 4 is 27.4 Å². The Labute approximate surface area is 119 Å². The minimum Gasteiger partial charge on any atom is -0.478 e. The fourth-order valence-electron chi connectivity index (χ4n) is 1.58. The Balaban J connectivity index is 2.41. The van der Waals surface area contributed by atoms with Crippen molar-refractivity contribution in [1.29, 1.82) is 0 Å². The van der Waals surface area contributed by atoms with Gasteiger partial charge < -0.3 is 10.8 Å². The monoisotopic (exact) mass is 311 g/mol. The first kappa shape index (κ1) is 14.7. The number of nitrogens with two attached hydrogens (primary N) is 1. The van der Waals surface area contributed by atoms with Crippen molar-refractivity contribution in [2.45, 2.75) is 4.90 Å². The van der Waals surface area contributed by atoms with Crippen molar-refractivity contribution in [3.8, 4) is 0 Å². The minimum absolute atomic E-state index is 0.151. The number of halogens is 1. The summed E-state index contributed by atoms with van der Waals surface area (Å²) in [7, 11) is -4.14. The summed E-state index contributed by atoms with van der Waals surface area (Å²) in [6.45, 7) is 0. The molecule has 0 radical (unpaired) electrons. The average molecular weight is 311 g/mol. The molecule has 9 heteroatoms. The number of carboxylic acids is 1. The number of hydrogen-bond acceptors (Lipinski definition) is 5. The van der Waals surface area contributed by atoms with Gasteiger partial charge in [0, 0.05) is 6.20 Å². The fraction of sp³-hybridized carbons (Fsp3) is 0. The number of aromatic carboxylic acids is 1. The van der Waals surface area contributed by atoms with E-state index in [4.69, 9.17) is 10.8 Å². The molecule has 0 saturated carbocycles. The number of pyridine rings is 1. The quantitative estimate of drug-likeness (QED) is 0.731. The first-order valence-electron chi connectivity index (χ1n) is 5.56. The number of benzene rings is 1. The molecule has 0 aliphatic rings. The summed E-state index contributed by atoms with van der Waals surface area (Å²) in [5, 5.41) is 8.80. The summed E-state index contributed by atoms with van der Waals surface area (Å²) in [6, 6.07) is 4.30. The molecule has 2 rings (SSSR count). The Bertz CT molecular complexity index is 808. The van der Waals surface area contributed by atoms with Gasteiger partial charge in [0.15, 0.2) is 5.82 Å². The van der Waals surface area contributed by atoms with E-state index in [1.807, 2.05) is 4.72 Å². The van der Waals surface area contributed by atoms with E-state index in [-0.39, 0.29) is 21.8 Å². The SMILES string of the molecule is Nc1cc(C(=O)O)ccc1S(=O)(=O)Nc1ccncc1F. The van der Waals surface area contributed by atoms with Crippen LogP contribution >= 0.6 is 0 Å². The highest BCUT2D eigenvalue weighted by molar-refractivity contribution is 7.92. The fourth-order valence-corrected chi connectivity index (χ4v) is 2.77. The molecule has 1 aromatic heterocycles. The number of hydrogen-bond donors (Lipinski definition) is 3. The van der Waals surface area contributed by atoms with Gasteiger partial charge in [-0.05, 0) is 24.3 Å². The first-order valence-corrected chi connectivity index (χ1v) is 7.05. The maximum Gasteiger partial charge on any atom is 0.335 e. The Hall–Kier alpha value is -2.68. The lowest BCUT2D eigenvalue weighted by molar-refractivity contribution is 0.0697. The third-order valence-electron chi connectivity index (χ3n) is 2.56. The molecular weight excluding hydrogens is 301 g/mol. The molecule has 0 atom stereocenters. The normalized spacial score (nSPS) is 11.1. The Morgan fingerprint density at radius 1 is 1.33 bits per heavy atom. The van der Waals surface area contributed by atoms with Gasteiger partial charge in [-0.15, -0.1) is 0 Å². The summed E-state index contributed by atoms with van der Waals surface area (Å²) < 4.78 is 39.7. The lowest BCUT2D eigenvalue weighted by Crippen LogP contribution is -2.16. The van der Waals surface area contributed by atoms with E-state index < -0.39 is 21.8 Å². The number of nitrogens with one attached hydrogen (secondary N) is 1. The summed E-state index contributed by atoms with van der Waals surface area (Å²) in [5.74, 6) is -2.08. The third kappa shape index (κ3) is 3.08. The van der Waals surface area contributed by atoms with E-state index in [1.165, 1.54) is 6.20 Å². The van der Waals surface area contributed by atoms with Crippen LogP contribution in [0.2, 0.25) is 0 Å². The van der Waals surface area contributed by atoms with Crippen LogP contribution in [0.15, 0.2) is 41.6 Å². The number of carbonyl (C=O) groups is 1. The summed E-state index contributed by atoms with van der Waals surface area (Å²) in [6.07, 6.45) is 2.08. The van der Waals surface area contributed by atoms with Gasteiger partial charge in [-0.2, -0.15) is 0 Å². The van der Waals surface area contributed by atoms with E-state index in [9.17, 15) is 17.6 Å². The number of anilines is 2. The molecule has 0 unspecified atom stereocenters. The highest BCUT2D eigenvalue weighted by Crippen LogP contribution is 2.23. The number of aromatic nitrogens is 1. The van der Waals surface area contributed by atoms with Gasteiger partial charge in [0.1, 0.15) is 4.90 Å². The Kier molecular flexibility index (Phi) is 3.76. The summed E-state index contributed by atoms with van der Waals surface area (Å²) in [4.78, 5) is 13.9. The molecule has 4 N–H and O–H groups in total. The molecule has 0 aliphatic carbocycles. The molecule has 2 aromatic rings. The zero-order chi connectivity index (χ0) is 15.6. The van der Waals surface area contributed by atoms with E-state index in [2.05, 4.69) is 4.98 Å². The van der Waals surface area contributed by atoms with Gasteiger partial charge in [-0.25, -0.2) is 17.6 Å². The van der Waals surface area contributed by atoms with E-state index in [0.29, 0.717) is 0 Å². The zero-order valence-corrected chi connectivity index (χ0v) is 11.3. The van der Waals surface area contributed by atoms with Crippen molar-refractivity contribution in [3.63, 3.8) is 0 Å². The second-order valence-corrected chi connectivity index (χ2v) is 5.67. The van der Waals surface area contributed by atoms with Crippen LogP contribution in [0.3, 0.4) is 0 Å². The molecule has 0 aliphatic heterocycles. The van der Waals surface area contributed by atoms with Gasteiger partial charge in [0.05, 0.1) is 23.1 Å². The highest BCUT2D eigenvalue weighted by atomic mass is 32.2. The molecule has 21 heavy (non-hydrogen) atoms. The van der Waals surface area contributed by atoms with Crippen molar-refractivity contribution in [2.24, 2.45) is 0 Å². The molecule has 110 valence electrons. The van der Waals surface area contributed by atoms with Crippen LogP contribution in [-0.2, 0) is 10.0 Å². The number of nitrogen functional groups attached to an aromatic ring is 1. The van der Waals surface area contributed by atoms with E-state index >= 15 is 0 Å². The molecule has 7 nitrogen and oxygen atoms in total. The second-order valence-electron chi connectivity index (χ2n) is 4.02. The summed E-state index contributed by atoms with van der Waals surface area (Å²) >= 11 is 0. The van der Waals surface area contributed by atoms with E-state index in [0.717, 1.165) is 30.5 Å². The molecule has 0 saturated heterocycles. The number of nitrogens with zero attached hydrogens (tertiary/aromatic N) is 1. The smallest absolute Gasteiger partial charge is 0.335 e. The van der Waals surface area contributed by atoms with Gasteiger partial charge in [0.2, 0.25) is 0 Å². The third-order valence-corrected chi connectivity index (χ3v) is 4.00. The molecule has 0 bridgehead atoms. The Morgan fingerprint density at radius 3 is 2.62 bits per heavy atom. The maximum absolute atomic E-state index is 13.4.